The van der Waals surface area contributed by atoms with Crippen molar-refractivity contribution >= 4 is 40.0 Å². The van der Waals surface area contributed by atoms with Gasteiger partial charge in [-0.25, -0.2) is 0 Å². The fourth-order valence-corrected chi connectivity index (χ4v) is 4.69. The van der Waals surface area contributed by atoms with Crippen LogP contribution in [0, 0.1) is 5.92 Å². The van der Waals surface area contributed by atoms with Gasteiger partial charge in [-0.2, -0.15) is 0 Å². The first kappa shape index (κ1) is 18.6. The van der Waals surface area contributed by atoms with Gasteiger partial charge >= 0.3 is 0 Å². The Bertz CT molecular complexity index is 584. The van der Waals surface area contributed by atoms with Crippen molar-refractivity contribution in [1.82, 2.24) is 15.5 Å². The van der Waals surface area contributed by atoms with Gasteiger partial charge in [-0.3, -0.25) is 9.59 Å². The van der Waals surface area contributed by atoms with Gasteiger partial charge in [-0.05, 0) is 25.7 Å². The summed E-state index contributed by atoms with van der Waals surface area (Å²) in [6, 6.07) is 0. The lowest BCUT2D eigenvalue weighted by molar-refractivity contribution is -0.121. The number of hydrogen-bond acceptors (Lipinski definition) is 7. The average molecular weight is 385 g/mol. The normalized spacial score (nSPS) is 21.2. The Hall–Kier alpha value is -1.19. The minimum Gasteiger partial charge on any atom is -0.376 e. The first-order chi connectivity index (χ1) is 12.2. The van der Waals surface area contributed by atoms with E-state index in [2.05, 4.69) is 20.8 Å². The predicted octanol–water partition coefficient (Wildman–Crippen LogP) is 2.44. The number of nitrogens with zero attached hydrogens (tertiary/aromatic N) is 2. The van der Waals surface area contributed by atoms with Crippen LogP contribution in [-0.2, 0) is 14.3 Å². The van der Waals surface area contributed by atoms with Crippen LogP contribution in [-0.4, -0.2) is 47.0 Å². The van der Waals surface area contributed by atoms with E-state index in [0.29, 0.717) is 16.0 Å². The van der Waals surface area contributed by atoms with Crippen LogP contribution in [0.2, 0.25) is 0 Å². The maximum absolute atomic E-state index is 12.2. The van der Waals surface area contributed by atoms with Gasteiger partial charge in [-0.1, -0.05) is 42.4 Å². The number of anilines is 1. The summed E-state index contributed by atoms with van der Waals surface area (Å²) in [7, 11) is 0. The van der Waals surface area contributed by atoms with Gasteiger partial charge in [0.25, 0.3) is 0 Å². The third-order valence-electron chi connectivity index (χ3n) is 4.49. The van der Waals surface area contributed by atoms with Gasteiger partial charge in [0.1, 0.15) is 0 Å². The molecule has 1 atom stereocenters. The van der Waals surface area contributed by atoms with Gasteiger partial charge < -0.3 is 15.4 Å². The van der Waals surface area contributed by atoms with Crippen molar-refractivity contribution in [1.29, 1.82) is 0 Å². The summed E-state index contributed by atoms with van der Waals surface area (Å²) in [5.41, 5.74) is 0. The lowest BCUT2D eigenvalue weighted by atomic mass is 9.89. The first-order valence-electron chi connectivity index (χ1n) is 8.86. The summed E-state index contributed by atoms with van der Waals surface area (Å²) in [6.07, 6.45) is 7.60. The van der Waals surface area contributed by atoms with Gasteiger partial charge in [-0.15, -0.1) is 10.2 Å². The predicted molar refractivity (Wildman–Crippen MR) is 97.8 cm³/mol. The van der Waals surface area contributed by atoms with Crippen LogP contribution < -0.4 is 10.6 Å². The zero-order chi connectivity index (χ0) is 17.5. The molecule has 0 bridgehead atoms. The second-order valence-electron chi connectivity index (χ2n) is 6.43. The fraction of sp³-hybridized carbons (Fsp3) is 0.750. The molecule has 138 valence electrons. The van der Waals surface area contributed by atoms with E-state index in [1.807, 2.05) is 0 Å². The number of carbonyl (C=O) groups is 2. The molecule has 2 heterocycles. The van der Waals surface area contributed by atoms with Gasteiger partial charge in [0.15, 0.2) is 4.34 Å². The molecule has 1 aromatic rings. The van der Waals surface area contributed by atoms with E-state index in [-0.39, 0.29) is 29.6 Å². The van der Waals surface area contributed by atoms with Gasteiger partial charge in [0.05, 0.1) is 11.9 Å². The molecule has 0 radical (unpaired) electrons. The molecule has 9 heteroatoms. The number of rotatable bonds is 7. The topological polar surface area (TPSA) is 93.2 Å². The summed E-state index contributed by atoms with van der Waals surface area (Å²) >= 11 is 2.65. The van der Waals surface area contributed by atoms with E-state index in [9.17, 15) is 9.59 Å². The molecule has 7 nitrogen and oxygen atoms in total. The van der Waals surface area contributed by atoms with Crippen LogP contribution in [0.5, 0.6) is 0 Å². The largest absolute Gasteiger partial charge is 0.376 e. The van der Waals surface area contributed by atoms with Crippen LogP contribution in [0.25, 0.3) is 0 Å². The molecular weight excluding hydrogens is 360 g/mol. The van der Waals surface area contributed by atoms with Crippen molar-refractivity contribution in [3.8, 4) is 0 Å². The molecule has 2 amide bonds. The van der Waals surface area contributed by atoms with E-state index >= 15 is 0 Å². The van der Waals surface area contributed by atoms with Crippen LogP contribution >= 0.6 is 23.1 Å². The van der Waals surface area contributed by atoms with Crippen molar-refractivity contribution in [2.45, 2.75) is 55.4 Å². The highest BCUT2D eigenvalue weighted by Crippen LogP contribution is 2.28. The van der Waals surface area contributed by atoms with Crippen molar-refractivity contribution in [2.75, 3.05) is 24.2 Å². The van der Waals surface area contributed by atoms with Crippen molar-refractivity contribution < 1.29 is 14.3 Å². The lowest BCUT2D eigenvalue weighted by Gasteiger charge is -2.19. The minimum atomic E-state index is -0.0384. The van der Waals surface area contributed by atoms with E-state index in [0.717, 1.165) is 45.1 Å². The van der Waals surface area contributed by atoms with E-state index in [1.165, 1.54) is 29.5 Å². The number of amides is 2. The van der Waals surface area contributed by atoms with E-state index in [1.54, 1.807) is 0 Å². The van der Waals surface area contributed by atoms with Crippen LogP contribution in [0.3, 0.4) is 0 Å². The molecule has 0 aromatic carbocycles. The third kappa shape index (κ3) is 5.93. The zero-order valence-corrected chi connectivity index (χ0v) is 15.8. The zero-order valence-electron chi connectivity index (χ0n) is 14.2. The Kier molecular flexibility index (Phi) is 7.06. The fourth-order valence-electron chi connectivity index (χ4n) is 3.10. The number of hydrogen-bond donors (Lipinski definition) is 2. The molecule has 0 spiro atoms. The second-order valence-corrected chi connectivity index (χ2v) is 8.63. The number of ether oxygens (including phenoxy) is 1. The van der Waals surface area contributed by atoms with E-state index in [4.69, 9.17) is 4.74 Å². The smallest absolute Gasteiger partial charge is 0.230 e. The summed E-state index contributed by atoms with van der Waals surface area (Å²) in [6.45, 7) is 1.35. The number of nitrogens with one attached hydrogen (secondary N) is 2. The highest BCUT2D eigenvalue weighted by Gasteiger charge is 2.22. The number of carbonyl (C=O) groups excluding carboxylic acids is 2. The molecule has 1 saturated heterocycles. The van der Waals surface area contributed by atoms with Crippen molar-refractivity contribution in [3.05, 3.63) is 0 Å². The standard InChI is InChI=1S/C16H24N4O3S2/c21-13(17-9-12-7-4-8-23-12)10-24-16-20-19-15(25-16)18-14(22)11-5-2-1-3-6-11/h11-12H,1-10H2,(H,17,21)(H,18,19,22)/t12-/m1/s1. The average Bonchev–Trinajstić information content (AvgIpc) is 3.31. The van der Waals surface area contributed by atoms with Gasteiger partial charge in [0.2, 0.25) is 16.9 Å². The SMILES string of the molecule is O=C(CSc1nnc(NC(=O)C2CCCCC2)s1)NC[C@H]1CCCO1. The Morgan fingerprint density at radius 2 is 2.00 bits per heavy atom. The highest BCUT2D eigenvalue weighted by molar-refractivity contribution is 8.01. The Labute approximate surface area is 155 Å². The number of thioether (sulfide) groups is 1. The molecule has 25 heavy (non-hydrogen) atoms. The third-order valence-corrected chi connectivity index (χ3v) is 6.46. The molecule has 2 fully saturated rings. The van der Waals surface area contributed by atoms with Crippen molar-refractivity contribution in [3.63, 3.8) is 0 Å². The molecule has 1 aliphatic carbocycles. The Balaban J connectivity index is 1.37. The summed E-state index contributed by atoms with van der Waals surface area (Å²) in [5.74, 6) is 0.389. The lowest BCUT2D eigenvalue weighted by Crippen LogP contribution is -2.32. The van der Waals surface area contributed by atoms with Gasteiger partial charge in [0, 0.05) is 19.1 Å². The summed E-state index contributed by atoms with van der Waals surface area (Å²) < 4.78 is 6.16. The highest BCUT2D eigenvalue weighted by atomic mass is 32.2. The first-order valence-corrected chi connectivity index (χ1v) is 10.7. The Morgan fingerprint density at radius 1 is 1.16 bits per heavy atom. The van der Waals surface area contributed by atoms with E-state index < -0.39 is 0 Å². The summed E-state index contributed by atoms with van der Waals surface area (Å²) in [5, 5.41) is 14.3. The summed E-state index contributed by atoms with van der Waals surface area (Å²) in [4.78, 5) is 24.1. The molecule has 0 unspecified atom stereocenters. The number of aromatic nitrogens is 2. The van der Waals surface area contributed by atoms with Crippen LogP contribution in [0.15, 0.2) is 4.34 Å². The maximum Gasteiger partial charge on any atom is 0.230 e. The molecular formula is C16H24N4O3S2. The Morgan fingerprint density at radius 3 is 2.76 bits per heavy atom. The molecule has 1 aliphatic heterocycles. The molecule has 3 rings (SSSR count). The quantitative estimate of drug-likeness (QED) is 0.554. The minimum absolute atomic E-state index is 0.0384. The maximum atomic E-state index is 12.2. The van der Waals surface area contributed by atoms with Crippen molar-refractivity contribution in [2.24, 2.45) is 5.92 Å². The second kappa shape index (κ2) is 9.49. The van der Waals surface area contributed by atoms with Crippen LogP contribution in [0.4, 0.5) is 5.13 Å². The molecule has 2 N–H and O–H groups in total. The molecule has 2 aliphatic rings. The molecule has 1 saturated carbocycles. The monoisotopic (exact) mass is 384 g/mol. The van der Waals surface area contributed by atoms with Crippen LogP contribution in [0.1, 0.15) is 44.9 Å². The molecule has 1 aromatic heterocycles.